The van der Waals surface area contributed by atoms with Crippen molar-refractivity contribution >= 4 is 11.9 Å². The third kappa shape index (κ3) is 2.17. The SMILES string of the molecule is CC1Oc2c(C(=O)N3CCC[C@H]3C(=O)O)cccc2C1C. The molecule has 3 rings (SSSR count). The standard InChI is InChI=1S/C16H19NO4/c1-9-10(2)21-14-11(9)5-3-6-12(14)15(18)17-8-4-7-13(17)16(19)20/h3,5-6,9-10,13H,4,7-8H2,1-2H3,(H,19,20)/t9?,10?,13-/m0/s1. The number of aliphatic carboxylic acids is 1. The van der Waals surface area contributed by atoms with E-state index < -0.39 is 12.0 Å². The minimum Gasteiger partial charge on any atom is -0.489 e. The molecule has 0 saturated carbocycles. The van der Waals surface area contributed by atoms with E-state index in [1.165, 1.54) is 4.90 Å². The first-order valence-corrected chi connectivity index (χ1v) is 7.34. The van der Waals surface area contributed by atoms with Crippen molar-refractivity contribution in [2.45, 2.75) is 44.8 Å². The monoisotopic (exact) mass is 289 g/mol. The molecular formula is C16H19NO4. The van der Waals surface area contributed by atoms with E-state index in [0.29, 0.717) is 24.3 Å². The topological polar surface area (TPSA) is 66.8 Å². The Morgan fingerprint density at radius 1 is 1.33 bits per heavy atom. The van der Waals surface area contributed by atoms with Crippen LogP contribution in [0.4, 0.5) is 0 Å². The predicted molar refractivity (Wildman–Crippen MR) is 76.6 cm³/mol. The summed E-state index contributed by atoms with van der Waals surface area (Å²) in [5.74, 6) is -0.311. The molecular weight excluding hydrogens is 270 g/mol. The van der Waals surface area contributed by atoms with Crippen molar-refractivity contribution in [2.24, 2.45) is 0 Å². The van der Waals surface area contributed by atoms with Crippen molar-refractivity contribution in [3.05, 3.63) is 29.3 Å². The lowest BCUT2D eigenvalue weighted by molar-refractivity contribution is -0.141. The van der Waals surface area contributed by atoms with Crippen LogP contribution in [0.3, 0.4) is 0 Å². The van der Waals surface area contributed by atoms with Crippen LogP contribution in [0.5, 0.6) is 5.75 Å². The van der Waals surface area contributed by atoms with E-state index in [1.54, 1.807) is 6.07 Å². The number of benzene rings is 1. The lowest BCUT2D eigenvalue weighted by Gasteiger charge is -2.22. The van der Waals surface area contributed by atoms with Gasteiger partial charge in [-0.25, -0.2) is 4.79 Å². The lowest BCUT2D eigenvalue weighted by Crippen LogP contribution is -2.40. The van der Waals surface area contributed by atoms with Gasteiger partial charge in [0, 0.05) is 18.0 Å². The summed E-state index contributed by atoms with van der Waals surface area (Å²) >= 11 is 0. The molecule has 2 unspecified atom stereocenters. The third-order valence-electron chi connectivity index (χ3n) is 4.57. The Kier molecular flexibility index (Phi) is 3.35. The molecule has 21 heavy (non-hydrogen) atoms. The number of ether oxygens (including phenoxy) is 1. The van der Waals surface area contributed by atoms with Crippen LogP contribution in [0.15, 0.2) is 18.2 Å². The number of carbonyl (C=O) groups excluding carboxylic acids is 1. The normalized spacial score (nSPS) is 27.3. The van der Waals surface area contributed by atoms with Crippen LogP contribution in [0, 0.1) is 0 Å². The van der Waals surface area contributed by atoms with Crippen LogP contribution in [0.1, 0.15) is 48.5 Å². The van der Waals surface area contributed by atoms with E-state index in [-0.39, 0.29) is 17.9 Å². The second kappa shape index (κ2) is 5.06. The van der Waals surface area contributed by atoms with Gasteiger partial charge in [-0.3, -0.25) is 4.79 Å². The highest BCUT2D eigenvalue weighted by molar-refractivity contribution is 5.99. The summed E-state index contributed by atoms with van der Waals surface area (Å²) in [4.78, 5) is 25.4. The van der Waals surface area contributed by atoms with Gasteiger partial charge in [0.05, 0.1) is 5.56 Å². The van der Waals surface area contributed by atoms with E-state index in [9.17, 15) is 14.7 Å². The minimum atomic E-state index is -0.934. The van der Waals surface area contributed by atoms with Crippen LogP contribution in [-0.2, 0) is 4.79 Å². The Balaban J connectivity index is 1.95. The van der Waals surface area contributed by atoms with E-state index in [0.717, 1.165) is 12.0 Å². The fourth-order valence-electron chi connectivity index (χ4n) is 3.18. The average molecular weight is 289 g/mol. The van der Waals surface area contributed by atoms with Gasteiger partial charge in [-0.15, -0.1) is 0 Å². The van der Waals surface area contributed by atoms with Gasteiger partial charge in [0.25, 0.3) is 5.91 Å². The molecule has 3 atom stereocenters. The molecule has 5 nitrogen and oxygen atoms in total. The Hall–Kier alpha value is -2.04. The van der Waals surface area contributed by atoms with Gasteiger partial charge in [0.2, 0.25) is 0 Å². The van der Waals surface area contributed by atoms with E-state index in [4.69, 9.17) is 4.74 Å². The number of carboxylic acid groups (broad SMARTS) is 1. The number of nitrogens with zero attached hydrogens (tertiary/aromatic N) is 1. The molecule has 1 fully saturated rings. The van der Waals surface area contributed by atoms with Crippen molar-refractivity contribution in [3.8, 4) is 5.75 Å². The third-order valence-corrected chi connectivity index (χ3v) is 4.57. The summed E-state index contributed by atoms with van der Waals surface area (Å²) in [5.41, 5.74) is 1.51. The number of amides is 1. The average Bonchev–Trinajstić information content (AvgIpc) is 3.04. The molecule has 2 aliphatic heterocycles. The van der Waals surface area contributed by atoms with E-state index in [2.05, 4.69) is 6.92 Å². The zero-order valence-corrected chi connectivity index (χ0v) is 12.2. The lowest BCUT2D eigenvalue weighted by atomic mass is 9.96. The Morgan fingerprint density at radius 2 is 2.10 bits per heavy atom. The quantitative estimate of drug-likeness (QED) is 0.907. The fourth-order valence-corrected chi connectivity index (χ4v) is 3.18. The Bertz CT molecular complexity index is 598. The Morgan fingerprint density at radius 3 is 2.81 bits per heavy atom. The van der Waals surface area contributed by atoms with E-state index >= 15 is 0 Å². The summed E-state index contributed by atoms with van der Waals surface area (Å²) in [6.45, 7) is 4.54. The van der Waals surface area contributed by atoms with Gasteiger partial charge >= 0.3 is 5.97 Å². The highest BCUT2D eigenvalue weighted by atomic mass is 16.5. The number of hydrogen-bond acceptors (Lipinski definition) is 3. The van der Waals surface area contributed by atoms with Gasteiger partial charge in [-0.2, -0.15) is 0 Å². The van der Waals surface area contributed by atoms with Crippen molar-refractivity contribution in [1.29, 1.82) is 0 Å². The van der Waals surface area contributed by atoms with Crippen molar-refractivity contribution in [1.82, 2.24) is 4.90 Å². The highest BCUT2D eigenvalue weighted by Gasteiger charge is 2.38. The molecule has 1 aromatic rings. The zero-order valence-electron chi connectivity index (χ0n) is 12.2. The molecule has 2 heterocycles. The summed E-state index contributed by atoms with van der Waals surface area (Å²) in [5, 5.41) is 9.23. The number of carboxylic acids is 1. The first-order chi connectivity index (χ1) is 10.0. The summed E-state index contributed by atoms with van der Waals surface area (Å²) in [6, 6.07) is 4.82. The van der Waals surface area contributed by atoms with Gasteiger partial charge in [0.15, 0.2) is 0 Å². The van der Waals surface area contributed by atoms with Crippen LogP contribution in [0.2, 0.25) is 0 Å². The van der Waals surface area contributed by atoms with Gasteiger partial charge in [-0.1, -0.05) is 19.1 Å². The zero-order chi connectivity index (χ0) is 15.1. The largest absolute Gasteiger partial charge is 0.489 e. The summed E-state index contributed by atoms with van der Waals surface area (Å²) < 4.78 is 5.83. The molecule has 1 aromatic carbocycles. The molecule has 0 bridgehead atoms. The smallest absolute Gasteiger partial charge is 0.326 e. The number of para-hydroxylation sites is 1. The summed E-state index contributed by atoms with van der Waals surface area (Å²) in [7, 11) is 0. The molecule has 1 saturated heterocycles. The molecule has 5 heteroatoms. The number of likely N-dealkylation sites (tertiary alicyclic amines) is 1. The first-order valence-electron chi connectivity index (χ1n) is 7.34. The maximum absolute atomic E-state index is 12.7. The van der Waals surface area contributed by atoms with Gasteiger partial charge in [0.1, 0.15) is 17.9 Å². The molecule has 2 aliphatic rings. The number of carbonyl (C=O) groups is 2. The van der Waals surface area contributed by atoms with Crippen LogP contribution < -0.4 is 4.74 Å². The molecule has 0 aromatic heterocycles. The second-order valence-corrected chi connectivity index (χ2v) is 5.83. The number of hydrogen-bond donors (Lipinski definition) is 1. The molecule has 1 N–H and O–H groups in total. The van der Waals surface area contributed by atoms with Crippen LogP contribution in [0.25, 0.3) is 0 Å². The number of fused-ring (bicyclic) bond motifs is 1. The van der Waals surface area contributed by atoms with Crippen LogP contribution in [-0.4, -0.2) is 40.6 Å². The van der Waals surface area contributed by atoms with Crippen molar-refractivity contribution in [2.75, 3.05) is 6.54 Å². The van der Waals surface area contributed by atoms with E-state index in [1.807, 2.05) is 19.1 Å². The molecule has 0 aliphatic carbocycles. The maximum Gasteiger partial charge on any atom is 0.326 e. The second-order valence-electron chi connectivity index (χ2n) is 5.83. The maximum atomic E-state index is 12.7. The summed E-state index contributed by atoms with van der Waals surface area (Å²) in [6.07, 6.45) is 1.28. The molecule has 0 spiro atoms. The van der Waals surface area contributed by atoms with Crippen LogP contribution >= 0.6 is 0 Å². The van der Waals surface area contributed by atoms with Crippen molar-refractivity contribution in [3.63, 3.8) is 0 Å². The molecule has 112 valence electrons. The van der Waals surface area contributed by atoms with Crippen molar-refractivity contribution < 1.29 is 19.4 Å². The molecule has 1 amide bonds. The minimum absolute atomic E-state index is 0.0304. The highest BCUT2D eigenvalue weighted by Crippen LogP contribution is 2.41. The number of rotatable bonds is 2. The van der Waals surface area contributed by atoms with Gasteiger partial charge < -0.3 is 14.7 Å². The predicted octanol–water partition coefficient (Wildman–Crippen LogP) is 2.26. The Labute approximate surface area is 123 Å². The van der Waals surface area contributed by atoms with Gasteiger partial charge in [-0.05, 0) is 25.8 Å². The molecule has 0 radical (unpaired) electrons. The fraction of sp³-hybridized carbons (Fsp3) is 0.500. The first kappa shape index (κ1) is 13.9.